The third-order valence-corrected chi connectivity index (χ3v) is 3.97. The number of thioether (sulfide) groups is 1. The lowest BCUT2D eigenvalue weighted by atomic mass is 9.99. The number of aliphatic hydroxyl groups excluding tert-OH is 2. The number of aliphatic hydroxyl groups is 2. The third kappa shape index (κ3) is 4.98. The molecule has 0 aromatic heterocycles. The van der Waals surface area contributed by atoms with Gasteiger partial charge in [-0.25, -0.2) is 9.18 Å². The minimum atomic E-state index is -1.75. The van der Waals surface area contributed by atoms with Crippen molar-refractivity contribution in [2.24, 2.45) is 0 Å². The van der Waals surface area contributed by atoms with Crippen molar-refractivity contribution in [3.63, 3.8) is 0 Å². The molecule has 0 saturated carbocycles. The molecule has 2 atom stereocenters. The maximum atomic E-state index is 14.1. The topological polar surface area (TPSA) is 127 Å². The Hall–Kier alpha value is -2.04. The van der Waals surface area contributed by atoms with E-state index in [9.17, 15) is 34.3 Å². The second kappa shape index (κ2) is 8.71. The zero-order valence-corrected chi connectivity index (χ0v) is 13.7. The van der Waals surface area contributed by atoms with E-state index in [0.29, 0.717) is 12.1 Å². The van der Waals surface area contributed by atoms with E-state index in [1.807, 2.05) is 0 Å². The Balaban J connectivity index is 3.10. The molecule has 0 radical (unpaired) electrons. The van der Waals surface area contributed by atoms with Crippen molar-refractivity contribution >= 4 is 28.5 Å². The fourth-order valence-corrected chi connectivity index (χ4v) is 2.56. The molecule has 0 heterocycles. The van der Waals surface area contributed by atoms with E-state index in [2.05, 4.69) is 4.74 Å². The minimum absolute atomic E-state index is 0.0304. The Kier molecular flexibility index (Phi) is 7.26. The number of hydrogen-bond acceptors (Lipinski definition) is 8. The molecule has 0 fully saturated rings. The van der Waals surface area contributed by atoms with E-state index >= 15 is 0 Å². The van der Waals surface area contributed by atoms with Gasteiger partial charge in [0.15, 0.2) is 5.12 Å². The lowest BCUT2D eigenvalue weighted by molar-refractivity contribution is -0.385. The average Bonchev–Trinajstić information content (AvgIpc) is 2.52. The number of halogens is 1. The monoisotopic (exact) mass is 361 g/mol. The van der Waals surface area contributed by atoms with Gasteiger partial charge in [0.1, 0.15) is 17.5 Å². The van der Waals surface area contributed by atoms with Crippen molar-refractivity contribution in [1.82, 2.24) is 0 Å². The Morgan fingerprint density at radius 3 is 2.54 bits per heavy atom. The van der Waals surface area contributed by atoms with Crippen molar-refractivity contribution in [1.29, 1.82) is 0 Å². The molecular formula is C14H16FNO7S. The standard InChI is InChI=1S/C14H16FNO7S/c1-7(17)24-4-3-12(18)13(19)8-6-11(16(21)22)9(5-10(8)15)14(20)23-2/h5-6,12-13,18-19H,3-4H2,1-2H3. The molecule has 1 rings (SSSR count). The predicted octanol–water partition coefficient (Wildman–Crippen LogP) is 1.58. The van der Waals surface area contributed by atoms with Gasteiger partial charge in [0.05, 0.1) is 18.1 Å². The molecule has 0 aliphatic heterocycles. The van der Waals surface area contributed by atoms with Gasteiger partial charge in [0.25, 0.3) is 5.69 Å². The number of hydrogen-bond donors (Lipinski definition) is 2. The van der Waals surface area contributed by atoms with Crippen LogP contribution in [-0.4, -0.2) is 45.2 Å². The van der Waals surface area contributed by atoms with Crippen LogP contribution in [0.5, 0.6) is 0 Å². The molecule has 0 aliphatic rings. The Morgan fingerprint density at radius 1 is 1.42 bits per heavy atom. The van der Waals surface area contributed by atoms with Crippen LogP contribution in [0, 0.1) is 15.9 Å². The summed E-state index contributed by atoms with van der Waals surface area (Å²) < 4.78 is 18.4. The summed E-state index contributed by atoms with van der Waals surface area (Å²) in [6.45, 7) is 1.34. The summed E-state index contributed by atoms with van der Waals surface area (Å²) in [4.78, 5) is 32.4. The molecule has 10 heteroatoms. The Labute approximate surface area is 140 Å². The highest BCUT2D eigenvalue weighted by Crippen LogP contribution is 2.30. The second-order valence-electron chi connectivity index (χ2n) is 4.78. The number of rotatable bonds is 7. The molecule has 0 amide bonds. The first-order valence-electron chi connectivity index (χ1n) is 6.74. The summed E-state index contributed by atoms with van der Waals surface area (Å²) >= 11 is 0.921. The fraction of sp³-hybridized carbons (Fsp3) is 0.429. The number of nitrogens with zero attached hydrogens (tertiary/aromatic N) is 1. The van der Waals surface area contributed by atoms with Crippen LogP contribution in [0.15, 0.2) is 12.1 Å². The normalized spacial score (nSPS) is 13.2. The summed E-state index contributed by atoms with van der Waals surface area (Å²) in [5, 5.41) is 30.7. The van der Waals surface area contributed by atoms with Crippen LogP contribution in [0.1, 0.15) is 35.4 Å². The molecule has 2 N–H and O–H groups in total. The van der Waals surface area contributed by atoms with Crippen molar-refractivity contribution < 1.29 is 33.9 Å². The van der Waals surface area contributed by atoms with E-state index in [4.69, 9.17) is 0 Å². The molecule has 132 valence electrons. The number of methoxy groups -OCH3 is 1. The molecule has 0 bridgehead atoms. The first-order chi connectivity index (χ1) is 11.2. The van der Waals surface area contributed by atoms with Crippen LogP contribution in [0.3, 0.4) is 0 Å². The van der Waals surface area contributed by atoms with E-state index in [-0.39, 0.29) is 17.3 Å². The molecule has 0 aliphatic carbocycles. The van der Waals surface area contributed by atoms with Crippen LogP contribution in [0.4, 0.5) is 10.1 Å². The van der Waals surface area contributed by atoms with Crippen molar-refractivity contribution in [2.75, 3.05) is 12.9 Å². The Morgan fingerprint density at radius 2 is 2.04 bits per heavy atom. The fourth-order valence-electron chi connectivity index (χ4n) is 1.92. The van der Waals surface area contributed by atoms with Gasteiger partial charge < -0.3 is 14.9 Å². The van der Waals surface area contributed by atoms with Crippen molar-refractivity contribution in [2.45, 2.75) is 25.6 Å². The van der Waals surface area contributed by atoms with Gasteiger partial charge in [-0.3, -0.25) is 14.9 Å². The molecule has 8 nitrogen and oxygen atoms in total. The number of carbonyl (C=O) groups is 2. The summed E-state index contributed by atoms with van der Waals surface area (Å²) in [5.41, 5.74) is -1.87. The van der Waals surface area contributed by atoms with E-state index in [0.717, 1.165) is 18.9 Å². The quantitative estimate of drug-likeness (QED) is 0.426. The summed E-state index contributed by atoms with van der Waals surface area (Å²) in [5.74, 6) is -2.00. The molecule has 0 saturated heterocycles. The van der Waals surface area contributed by atoms with Gasteiger partial charge in [-0.05, 0) is 12.5 Å². The van der Waals surface area contributed by atoms with E-state index in [1.165, 1.54) is 6.92 Å². The zero-order chi connectivity index (χ0) is 18.4. The number of nitro groups is 1. The first-order valence-corrected chi connectivity index (χ1v) is 7.73. The maximum Gasteiger partial charge on any atom is 0.344 e. The zero-order valence-electron chi connectivity index (χ0n) is 12.9. The Bertz CT molecular complexity index is 652. The maximum absolute atomic E-state index is 14.1. The highest BCUT2D eigenvalue weighted by molar-refractivity contribution is 8.13. The summed E-state index contributed by atoms with van der Waals surface area (Å²) in [6.07, 6.45) is -3.21. The van der Waals surface area contributed by atoms with Crippen LogP contribution in [0.25, 0.3) is 0 Å². The van der Waals surface area contributed by atoms with Gasteiger partial charge in [-0.2, -0.15) is 0 Å². The van der Waals surface area contributed by atoms with Gasteiger partial charge in [0.2, 0.25) is 0 Å². The summed E-state index contributed by atoms with van der Waals surface area (Å²) in [7, 11) is 0.989. The number of ether oxygens (including phenoxy) is 1. The first kappa shape index (κ1) is 20.0. The number of benzene rings is 1. The molecular weight excluding hydrogens is 345 g/mol. The lowest BCUT2D eigenvalue weighted by Crippen LogP contribution is -2.21. The molecule has 2 unspecified atom stereocenters. The summed E-state index contributed by atoms with van der Waals surface area (Å²) in [6, 6.07) is 1.27. The average molecular weight is 361 g/mol. The van der Waals surface area contributed by atoms with Crippen LogP contribution >= 0.6 is 11.8 Å². The van der Waals surface area contributed by atoms with Gasteiger partial charge in [0, 0.05) is 24.3 Å². The smallest absolute Gasteiger partial charge is 0.344 e. The number of nitro benzene ring substituents is 1. The van der Waals surface area contributed by atoms with Crippen molar-refractivity contribution in [3.05, 3.63) is 39.2 Å². The van der Waals surface area contributed by atoms with E-state index in [1.54, 1.807) is 0 Å². The van der Waals surface area contributed by atoms with Gasteiger partial charge >= 0.3 is 5.97 Å². The molecule has 0 spiro atoms. The van der Waals surface area contributed by atoms with Gasteiger partial charge in [-0.15, -0.1) is 0 Å². The highest BCUT2D eigenvalue weighted by Gasteiger charge is 2.29. The second-order valence-corrected chi connectivity index (χ2v) is 6.05. The lowest BCUT2D eigenvalue weighted by Gasteiger charge is -2.18. The molecule has 1 aromatic carbocycles. The minimum Gasteiger partial charge on any atom is -0.465 e. The van der Waals surface area contributed by atoms with Crippen LogP contribution in [-0.2, 0) is 9.53 Å². The SMILES string of the molecule is COC(=O)c1cc(F)c(C(O)C(O)CCSC(C)=O)cc1[N+](=O)[O-]. The largest absolute Gasteiger partial charge is 0.465 e. The number of esters is 1. The third-order valence-electron chi connectivity index (χ3n) is 3.12. The van der Waals surface area contributed by atoms with E-state index < -0.39 is 45.7 Å². The van der Waals surface area contributed by atoms with Crippen molar-refractivity contribution in [3.8, 4) is 0 Å². The number of carbonyl (C=O) groups excluding carboxylic acids is 2. The van der Waals surface area contributed by atoms with Crippen LogP contribution in [0.2, 0.25) is 0 Å². The van der Waals surface area contributed by atoms with Gasteiger partial charge in [-0.1, -0.05) is 11.8 Å². The molecule has 24 heavy (non-hydrogen) atoms. The molecule has 1 aromatic rings. The predicted molar refractivity (Wildman–Crippen MR) is 83.1 cm³/mol. The highest BCUT2D eigenvalue weighted by atomic mass is 32.2. The van der Waals surface area contributed by atoms with Crippen LogP contribution < -0.4 is 0 Å².